The highest BCUT2D eigenvalue weighted by molar-refractivity contribution is 14.1. The van der Waals surface area contributed by atoms with Gasteiger partial charge in [0.25, 0.3) is 0 Å². The molecule has 1 rings (SSSR count). The Hall–Kier alpha value is -0.0600. The largest absolute Gasteiger partial charge is 0.335 e. The molecule has 0 radical (unpaired) electrons. The van der Waals surface area contributed by atoms with Crippen molar-refractivity contribution in [1.29, 1.82) is 0 Å². The van der Waals surface area contributed by atoms with Crippen molar-refractivity contribution in [2.24, 2.45) is 0 Å². The number of halogens is 1. The first-order chi connectivity index (χ1) is 5.29. The Morgan fingerprint density at radius 1 is 1.82 bits per heavy atom. The highest BCUT2D eigenvalue weighted by Gasteiger charge is 2.27. The standard InChI is InChI=1S/C8H12INO/c1-2-7-3-4-8(11)10(7)6-5-9/h2,7H,1,3-6H2/t7-/m1/s1. The van der Waals surface area contributed by atoms with Gasteiger partial charge in [0.15, 0.2) is 0 Å². The minimum Gasteiger partial charge on any atom is -0.335 e. The summed E-state index contributed by atoms with van der Waals surface area (Å²) in [4.78, 5) is 13.1. The fourth-order valence-electron chi connectivity index (χ4n) is 1.38. The topological polar surface area (TPSA) is 20.3 Å². The molecule has 0 spiro atoms. The number of hydrogen-bond acceptors (Lipinski definition) is 1. The van der Waals surface area contributed by atoms with Gasteiger partial charge in [-0.25, -0.2) is 0 Å². The molecule has 0 saturated carbocycles. The number of carbonyl (C=O) groups excluding carboxylic acids is 1. The zero-order chi connectivity index (χ0) is 8.27. The Balaban J connectivity index is 2.55. The van der Waals surface area contributed by atoms with Crippen LogP contribution in [0.25, 0.3) is 0 Å². The molecular formula is C8H12INO. The molecule has 0 unspecified atom stereocenters. The van der Waals surface area contributed by atoms with Crippen LogP contribution >= 0.6 is 22.6 Å². The molecule has 3 heteroatoms. The summed E-state index contributed by atoms with van der Waals surface area (Å²) in [6.45, 7) is 4.58. The molecule has 1 aliphatic heterocycles. The van der Waals surface area contributed by atoms with Gasteiger partial charge in [-0.2, -0.15) is 0 Å². The summed E-state index contributed by atoms with van der Waals surface area (Å²) in [5.74, 6) is 0.284. The second kappa shape index (κ2) is 4.09. The van der Waals surface area contributed by atoms with Gasteiger partial charge in [-0.1, -0.05) is 28.7 Å². The van der Waals surface area contributed by atoms with Crippen LogP contribution in [-0.4, -0.2) is 27.8 Å². The maximum atomic E-state index is 11.2. The van der Waals surface area contributed by atoms with Gasteiger partial charge in [-0.3, -0.25) is 4.79 Å². The van der Waals surface area contributed by atoms with Crippen molar-refractivity contribution < 1.29 is 4.79 Å². The zero-order valence-corrected chi connectivity index (χ0v) is 8.58. The second-order valence-electron chi connectivity index (χ2n) is 2.62. The molecule has 1 amide bonds. The van der Waals surface area contributed by atoms with Gasteiger partial charge in [0.2, 0.25) is 5.91 Å². The van der Waals surface area contributed by atoms with Gasteiger partial charge in [0.1, 0.15) is 0 Å². The van der Waals surface area contributed by atoms with Crippen LogP contribution in [0.15, 0.2) is 12.7 Å². The number of amides is 1. The van der Waals surface area contributed by atoms with E-state index in [0.717, 1.165) is 17.4 Å². The van der Waals surface area contributed by atoms with Crippen molar-refractivity contribution >= 4 is 28.5 Å². The summed E-state index contributed by atoms with van der Waals surface area (Å²) in [5.41, 5.74) is 0. The Bertz CT molecular complexity index is 169. The smallest absolute Gasteiger partial charge is 0.223 e. The minimum absolute atomic E-state index is 0.284. The van der Waals surface area contributed by atoms with Crippen LogP contribution in [0.1, 0.15) is 12.8 Å². The predicted molar refractivity (Wildman–Crippen MR) is 53.8 cm³/mol. The Morgan fingerprint density at radius 2 is 2.55 bits per heavy atom. The number of alkyl halides is 1. The monoisotopic (exact) mass is 265 g/mol. The van der Waals surface area contributed by atoms with Crippen molar-refractivity contribution in [3.05, 3.63) is 12.7 Å². The van der Waals surface area contributed by atoms with Gasteiger partial charge >= 0.3 is 0 Å². The lowest BCUT2D eigenvalue weighted by atomic mass is 10.2. The van der Waals surface area contributed by atoms with Crippen molar-refractivity contribution in [1.82, 2.24) is 4.90 Å². The van der Waals surface area contributed by atoms with E-state index in [1.807, 2.05) is 11.0 Å². The summed E-state index contributed by atoms with van der Waals surface area (Å²) in [7, 11) is 0. The van der Waals surface area contributed by atoms with Gasteiger partial charge in [-0.15, -0.1) is 6.58 Å². The molecule has 0 aromatic heterocycles. The molecule has 1 heterocycles. The number of hydrogen-bond donors (Lipinski definition) is 0. The molecule has 1 fully saturated rings. The summed E-state index contributed by atoms with van der Waals surface area (Å²) >= 11 is 2.29. The molecule has 0 aromatic rings. The third-order valence-electron chi connectivity index (χ3n) is 1.97. The van der Waals surface area contributed by atoms with E-state index in [0.29, 0.717) is 12.5 Å². The fourth-order valence-corrected chi connectivity index (χ4v) is 1.90. The number of carbonyl (C=O) groups is 1. The predicted octanol–water partition coefficient (Wildman–Crippen LogP) is 1.60. The summed E-state index contributed by atoms with van der Waals surface area (Å²) < 4.78 is 1.01. The van der Waals surface area contributed by atoms with Gasteiger partial charge in [0.05, 0.1) is 6.04 Å². The minimum atomic E-state index is 0.284. The van der Waals surface area contributed by atoms with E-state index in [2.05, 4.69) is 29.2 Å². The molecular weight excluding hydrogens is 253 g/mol. The van der Waals surface area contributed by atoms with Crippen molar-refractivity contribution in [2.75, 3.05) is 11.0 Å². The van der Waals surface area contributed by atoms with Crippen LogP contribution in [0.2, 0.25) is 0 Å². The van der Waals surface area contributed by atoms with Crippen LogP contribution in [0.4, 0.5) is 0 Å². The summed E-state index contributed by atoms with van der Waals surface area (Å²) in [6, 6.07) is 0.303. The first kappa shape index (κ1) is 9.03. The Morgan fingerprint density at radius 3 is 3.09 bits per heavy atom. The van der Waals surface area contributed by atoms with Crippen molar-refractivity contribution in [3.8, 4) is 0 Å². The fraction of sp³-hybridized carbons (Fsp3) is 0.625. The van der Waals surface area contributed by atoms with Crippen molar-refractivity contribution in [2.45, 2.75) is 18.9 Å². The average molecular weight is 265 g/mol. The third-order valence-corrected chi connectivity index (χ3v) is 2.45. The van der Waals surface area contributed by atoms with E-state index in [-0.39, 0.29) is 5.91 Å². The molecule has 0 aliphatic carbocycles. The zero-order valence-electron chi connectivity index (χ0n) is 6.42. The van der Waals surface area contributed by atoms with E-state index in [4.69, 9.17) is 0 Å². The molecule has 2 nitrogen and oxygen atoms in total. The van der Waals surface area contributed by atoms with Gasteiger partial charge in [-0.05, 0) is 6.42 Å². The van der Waals surface area contributed by atoms with E-state index in [1.165, 1.54) is 0 Å². The first-order valence-corrected chi connectivity index (χ1v) is 5.30. The second-order valence-corrected chi connectivity index (χ2v) is 3.70. The molecule has 0 aromatic carbocycles. The quantitative estimate of drug-likeness (QED) is 0.431. The highest BCUT2D eigenvalue weighted by atomic mass is 127. The molecule has 0 bridgehead atoms. The van der Waals surface area contributed by atoms with Gasteiger partial charge < -0.3 is 4.90 Å². The van der Waals surface area contributed by atoms with Gasteiger partial charge in [0, 0.05) is 17.4 Å². The normalized spacial score (nSPS) is 24.3. The van der Waals surface area contributed by atoms with Crippen LogP contribution in [-0.2, 0) is 4.79 Å². The molecule has 62 valence electrons. The number of likely N-dealkylation sites (tertiary alicyclic amines) is 1. The lowest BCUT2D eigenvalue weighted by Crippen LogP contribution is -2.33. The number of nitrogens with zero attached hydrogens (tertiary/aromatic N) is 1. The van der Waals surface area contributed by atoms with E-state index >= 15 is 0 Å². The molecule has 1 saturated heterocycles. The van der Waals surface area contributed by atoms with Crippen LogP contribution in [0.3, 0.4) is 0 Å². The SMILES string of the molecule is C=C[C@@H]1CCC(=O)N1CCI. The van der Waals surface area contributed by atoms with E-state index < -0.39 is 0 Å². The lowest BCUT2D eigenvalue weighted by Gasteiger charge is -2.20. The third kappa shape index (κ3) is 1.95. The Kier molecular flexibility index (Phi) is 3.36. The maximum Gasteiger partial charge on any atom is 0.223 e. The highest BCUT2D eigenvalue weighted by Crippen LogP contribution is 2.18. The molecule has 1 atom stereocenters. The average Bonchev–Trinajstić information content (AvgIpc) is 2.34. The molecule has 11 heavy (non-hydrogen) atoms. The van der Waals surface area contributed by atoms with E-state index in [9.17, 15) is 4.79 Å². The summed E-state index contributed by atoms with van der Waals surface area (Å²) in [5, 5.41) is 0. The van der Waals surface area contributed by atoms with Crippen LogP contribution in [0.5, 0.6) is 0 Å². The Labute approximate surface area is 80.8 Å². The molecule has 1 aliphatic rings. The van der Waals surface area contributed by atoms with Crippen molar-refractivity contribution in [3.63, 3.8) is 0 Å². The summed E-state index contributed by atoms with van der Waals surface area (Å²) in [6.07, 6.45) is 3.53. The first-order valence-electron chi connectivity index (χ1n) is 3.77. The van der Waals surface area contributed by atoms with Crippen LogP contribution in [0, 0.1) is 0 Å². The lowest BCUT2D eigenvalue weighted by molar-refractivity contribution is -0.128. The maximum absolute atomic E-state index is 11.2. The van der Waals surface area contributed by atoms with Crippen LogP contribution < -0.4 is 0 Å². The van der Waals surface area contributed by atoms with E-state index in [1.54, 1.807) is 0 Å². The number of rotatable bonds is 3. The molecule has 0 N–H and O–H groups in total.